The lowest BCUT2D eigenvalue weighted by Crippen LogP contribution is -2.47. The summed E-state index contributed by atoms with van der Waals surface area (Å²) in [6, 6.07) is 9.67. The molecule has 1 aromatic heterocycles. The van der Waals surface area contributed by atoms with Gasteiger partial charge in [0.05, 0.1) is 6.04 Å². The SMILES string of the molecule is CC1(C)CC(N=C=O)CC(C)(CNC(=O)NCCc2cc3ccccc3o2)C1. The van der Waals surface area contributed by atoms with Gasteiger partial charge in [0.15, 0.2) is 0 Å². The van der Waals surface area contributed by atoms with Gasteiger partial charge < -0.3 is 15.1 Å². The Balaban J connectivity index is 1.47. The number of hydrogen-bond acceptors (Lipinski definition) is 4. The van der Waals surface area contributed by atoms with Gasteiger partial charge in [-0.1, -0.05) is 39.0 Å². The van der Waals surface area contributed by atoms with Gasteiger partial charge in [0, 0.05) is 24.9 Å². The topological polar surface area (TPSA) is 83.7 Å². The highest BCUT2D eigenvalue weighted by atomic mass is 16.3. The molecular weight excluding hydrogens is 354 g/mol. The molecule has 1 saturated carbocycles. The molecule has 0 radical (unpaired) electrons. The first-order valence-corrected chi connectivity index (χ1v) is 9.85. The molecule has 28 heavy (non-hydrogen) atoms. The standard InChI is InChI=1S/C22H29N3O3/c1-21(2)11-17(25-15-26)12-22(3,13-21)14-24-20(27)23-9-8-18-10-16-6-4-5-7-19(16)28-18/h4-7,10,17H,8-9,11-14H2,1-3H3,(H2,23,24,27). The van der Waals surface area contributed by atoms with Gasteiger partial charge in [-0.05, 0) is 42.2 Å². The van der Waals surface area contributed by atoms with Crippen molar-refractivity contribution in [2.24, 2.45) is 15.8 Å². The van der Waals surface area contributed by atoms with Crippen LogP contribution in [0.5, 0.6) is 0 Å². The van der Waals surface area contributed by atoms with E-state index in [2.05, 4.69) is 36.4 Å². The van der Waals surface area contributed by atoms with Crippen molar-refractivity contribution in [3.05, 3.63) is 36.1 Å². The Labute approximate surface area is 165 Å². The Bertz CT molecular complexity index is 849. The molecule has 2 atom stereocenters. The summed E-state index contributed by atoms with van der Waals surface area (Å²) in [5.74, 6) is 0.858. The third-order valence-electron chi connectivity index (χ3n) is 5.47. The average Bonchev–Trinajstić information content (AvgIpc) is 3.01. The number of nitrogens with one attached hydrogen (secondary N) is 2. The van der Waals surface area contributed by atoms with E-state index in [9.17, 15) is 9.59 Å². The number of urea groups is 1. The van der Waals surface area contributed by atoms with E-state index in [1.165, 1.54) is 0 Å². The largest absolute Gasteiger partial charge is 0.461 e. The van der Waals surface area contributed by atoms with Crippen molar-refractivity contribution in [3.8, 4) is 0 Å². The summed E-state index contributed by atoms with van der Waals surface area (Å²) in [7, 11) is 0. The highest BCUT2D eigenvalue weighted by molar-refractivity contribution is 5.77. The molecule has 2 amide bonds. The monoisotopic (exact) mass is 383 g/mol. The number of aliphatic imine (C=N–C) groups is 1. The molecule has 1 aliphatic rings. The van der Waals surface area contributed by atoms with Crippen molar-refractivity contribution < 1.29 is 14.0 Å². The fourth-order valence-electron chi connectivity index (χ4n) is 4.69. The van der Waals surface area contributed by atoms with E-state index in [1.807, 2.05) is 30.3 Å². The Hall–Kier alpha value is -2.59. The second-order valence-electron chi connectivity index (χ2n) is 9.04. The molecule has 1 heterocycles. The van der Waals surface area contributed by atoms with Gasteiger partial charge in [-0.3, -0.25) is 0 Å². The number of hydrogen-bond donors (Lipinski definition) is 2. The van der Waals surface area contributed by atoms with Crippen molar-refractivity contribution in [1.29, 1.82) is 0 Å². The molecule has 150 valence electrons. The molecule has 0 aliphatic heterocycles. The van der Waals surface area contributed by atoms with E-state index in [-0.39, 0.29) is 22.9 Å². The zero-order valence-electron chi connectivity index (χ0n) is 16.9. The highest BCUT2D eigenvalue weighted by Crippen LogP contribution is 2.46. The van der Waals surface area contributed by atoms with Crippen LogP contribution in [-0.4, -0.2) is 31.2 Å². The molecule has 1 aliphatic carbocycles. The third-order valence-corrected chi connectivity index (χ3v) is 5.47. The summed E-state index contributed by atoms with van der Waals surface area (Å²) in [6.07, 6.45) is 4.97. The summed E-state index contributed by atoms with van der Waals surface area (Å²) in [5.41, 5.74) is 0.850. The minimum atomic E-state index is -0.184. The zero-order chi connectivity index (χ0) is 20.2. The minimum Gasteiger partial charge on any atom is -0.461 e. The average molecular weight is 383 g/mol. The van der Waals surface area contributed by atoms with E-state index >= 15 is 0 Å². The number of amides is 2. The van der Waals surface area contributed by atoms with Crippen molar-refractivity contribution in [1.82, 2.24) is 10.6 Å². The summed E-state index contributed by atoms with van der Waals surface area (Å²) in [4.78, 5) is 26.9. The van der Waals surface area contributed by atoms with E-state index in [1.54, 1.807) is 6.08 Å². The van der Waals surface area contributed by atoms with Gasteiger partial charge in [-0.25, -0.2) is 14.6 Å². The number of carbonyl (C=O) groups excluding carboxylic acids is 2. The molecule has 6 heteroatoms. The number of fused-ring (bicyclic) bond motifs is 1. The van der Waals surface area contributed by atoms with Crippen LogP contribution in [0.4, 0.5) is 4.79 Å². The molecule has 2 unspecified atom stereocenters. The van der Waals surface area contributed by atoms with E-state index < -0.39 is 0 Å². The minimum absolute atomic E-state index is 0.0239. The van der Waals surface area contributed by atoms with Crippen molar-refractivity contribution in [3.63, 3.8) is 0 Å². The highest BCUT2D eigenvalue weighted by Gasteiger charge is 2.41. The molecule has 1 fully saturated rings. The van der Waals surface area contributed by atoms with Crippen molar-refractivity contribution >= 4 is 23.1 Å². The van der Waals surface area contributed by atoms with Crippen molar-refractivity contribution in [2.45, 2.75) is 52.5 Å². The Kier molecular flexibility index (Phi) is 5.90. The van der Waals surface area contributed by atoms with Crippen LogP contribution in [-0.2, 0) is 11.2 Å². The van der Waals surface area contributed by atoms with E-state index in [4.69, 9.17) is 4.42 Å². The fraction of sp³-hybridized carbons (Fsp3) is 0.545. The maximum atomic E-state index is 12.2. The lowest BCUT2D eigenvalue weighted by atomic mass is 9.63. The predicted octanol–water partition coefficient (Wildman–Crippen LogP) is 4.20. The van der Waals surface area contributed by atoms with Gasteiger partial charge in [0.25, 0.3) is 0 Å². The molecule has 2 aromatic rings. The van der Waals surface area contributed by atoms with E-state index in [0.717, 1.165) is 36.0 Å². The molecular formula is C22H29N3O3. The molecule has 6 nitrogen and oxygen atoms in total. The maximum Gasteiger partial charge on any atom is 0.314 e. The van der Waals surface area contributed by atoms with Crippen LogP contribution in [0.25, 0.3) is 11.0 Å². The van der Waals surface area contributed by atoms with Crippen LogP contribution in [0.1, 0.15) is 45.8 Å². The van der Waals surface area contributed by atoms with Gasteiger partial charge in [0.1, 0.15) is 11.3 Å². The summed E-state index contributed by atoms with van der Waals surface area (Å²) < 4.78 is 5.77. The number of furan rings is 1. The Morgan fingerprint density at radius 3 is 2.79 bits per heavy atom. The van der Waals surface area contributed by atoms with Gasteiger partial charge in [-0.2, -0.15) is 0 Å². The first kappa shape index (κ1) is 20.2. The second kappa shape index (κ2) is 8.19. The number of isocyanates is 1. The van der Waals surface area contributed by atoms with Crippen LogP contribution >= 0.6 is 0 Å². The molecule has 3 rings (SSSR count). The van der Waals surface area contributed by atoms with Crippen LogP contribution in [0.3, 0.4) is 0 Å². The van der Waals surface area contributed by atoms with Gasteiger partial charge in [-0.15, -0.1) is 0 Å². The van der Waals surface area contributed by atoms with Crippen LogP contribution in [0, 0.1) is 10.8 Å². The van der Waals surface area contributed by atoms with Crippen LogP contribution < -0.4 is 10.6 Å². The van der Waals surface area contributed by atoms with Crippen LogP contribution in [0.15, 0.2) is 39.7 Å². The van der Waals surface area contributed by atoms with E-state index in [0.29, 0.717) is 19.5 Å². The molecule has 0 bridgehead atoms. The smallest absolute Gasteiger partial charge is 0.314 e. The zero-order valence-corrected chi connectivity index (χ0v) is 16.9. The Morgan fingerprint density at radius 1 is 1.25 bits per heavy atom. The molecule has 2 N–H and O–H groups in total. The summed E-state index contributed by atoms with van der Waals surface area (Å²) >= 11 is 0. The summed E-state index contributed by atoms with van der Waals surface area (Å²) in [5, 5.41) is 6.95. The third kappa shape index (κ3) is 5.23. The summed E-state index contributed by atoms with van der Waals surface area (Å²) in [6.45, 7) is 7.58. The fourth-order valence-corrected chi connectivity index (χ4v) is 4.69. The maximum absolute atomic E-state index is 12.2. The van der Waals surface area contributed by atoms with Gasteiger partial charge in [0.2, 0.25) is 6.08 Å². The number of para-hydroxylation sites is 1. The number of rotatable bonds is 6. The first-order valence-electron chi connectivity index (χ1n) is 9.85. The quantitative estimate of drug-likeness (QED) is 0.579. The van der Waals surface area contributed by atoms with Crippen molar-refractivity contribution in [2.75, 3.05) is 13.1 Å². The first-order chi connectivity index (χ1) is 13.3. The van der Waals surface area contributed by atoms with Gasteiger partial charge >= 0.3 is 6.03 Å². The lowest BCUT2D eigenvalue weighted by Gasteiger charge is -2.45. The number of benzene rings is 1. The lowest BCUT2D eigenvalue weighted by molar-refractivity contribution is 0.0850. The molecule has 0 spiro atoms. The number of nitrogens with zero attached hydrogens (tertiary/aromatic N) is 1. The second-order valence-corrected chi connectivity index (χ2v) is 9.04. The number of carbonyl (C=O) groups is 1. The molecule has 0 saturated heterocycles. The molecule has 1 aromatic carbocycles. The Morgan fingerprint density at radius 2 is 2.04 bits per heavy atom. The predicted molar refractivity (Wildman–Crippen MR) is 109 cm³/mol. The normalized spacial score (nSPS) is 23.8. The van der Waals surface area contributed by atoms with Crippen LogP contribution in [0.2, 0.25) is 0 Å².